The molecule has 0 aliphatic heterocycles. The van der Waals surface area contributed by atoms with Crippen molar-refractivity contribution in [3.63, 3.8) is 0 Å². The third kappa shape index (κ3) is 5.58. The molecule has 0 spiro atoms. The third-order valence-corrected chi connectivity index (χ3v) is 15.1. The quantitative estimate of drug-likeness (QED) is 0.487. The van der Waals surface area contributed by atoms with Crippen LogP contribution in [0, 0.1) is 0 Å². The topological polar surface area (TPSA) is 27.7 Å². The van der Waals surface area contributed by atoms with Gasteiger partial charge in [-0.05, 0) is 0 Å². The summed E-state index contributed by atoms with van der Waals surface area (Å²) in [5, 5.41) is 0. The van der Waals surface area contributed by atoms with Gasteiger partial charge in [0.05, 0.1) is 0 Å². The molecule has 0 aromatic rings. The van der Waals surface area contributed by atoms with E-state index in [2.05, 4.69) is 0 Å². The van der Waals surface area contributed by atoms with E-state index >= 15 is 0 Å². The SMILES string of the molecule is CC(C)[O][Zr]([O]C(C)C)([O]C(C)C)[C]1=[C]([Ge]([F])([F])[F])C=CC1. The Bertz CT molecular complexity index is 419. The Balaban J connectivity index is 3.39. The fourth-order valence-electron chi connectivity index (χ4n) is 2.29. The van der Waals surface area contributed by atoms with Crippen molar-refractivity contribution in [1.29, 1.82) is 0 Å². The van der Waals surface area contributed by atoms with Gasteiger partial charge in [-0.3, -0.25) is 0 Å². The van der Waals surface area contributed by atoms with E-state index in [1.807, 2.05) is 0 Å². The molecule has 8 heteroatoms. The molecule has 0 N–H and O–H groups in total. The maximum absolute atomic E-state index is 13.5. The average molecular weight is 462 g/mol. The molecule has 128 valence electrons. The van der Waals surface area contributed by atoms with Crippen molar-refractivity contribution < 1.29 is 40.5 Å². The van der Waals surface area contributed by atoms with Gasteiger partial charge in [0.15, 0.2) is 0 Å². The molecule has 0 amide bonds. The van der Waals surface area contributed by atoms with E-state index in [-0.39, 0.29) is 28.0 Å². The molecular formula is C14H25F3GeO3Zr. The average Bonchev–Trinajstić information content (AvgIpc) is 2.73. The normalized spacial score (nSPS) is 16.7. The van der Waals surface area contributed by atoms with Crippen molar-refractivity contribution in [3.8, 4) is 0 Å². The van der Waals surface area contributed by atoms with E-state index in [1.54, 1.807) is 47.6 Å². The molecule has 0 bridgehead atoms. The zero-order valence-electron chi connectivity index (χ0n) is 14.0. The van der Waals surface area contributed by atoms with Gasteiger partial charge >= 0.3 is 141 Å². The van der Waals surface area contributed by atoms with Crippen LogP contribution in [0.4, 0.5) is 10.5 Å². The van der Waals surface area contributed by atoms with Crippen molar-refractivity contribution in [2.75, 3.05) is 0 Å². The molecule has 0 aromatic carbocycles. The van der Waals surface area contributed by atoms with Gasteiger partial charge in [0.1, 0.15) is 0 Å². The fraction of sp³-hybridized carbons (Fsp3) is 0.714. The molecule has 0 saturated heterocycles. The first-order valence-electron chi connectivity index (χ1n) is 7.48. The molecule has 1 aliphatic carbocycles. The van der Waals surface area contributed by atoms with Crippen LogP contribution in [0.25, 0.3) is 0 Å². The minimum atomic E-state index is -6.48. The van der Waals surface area contributed by atoms with Gasteiger partial charge in [0.2, 0.25) is 0 Å². The Labute approximate surface area is 141 Å². The van der Waals surface area contributed by atoms with E-state index in [4.69, 9.17) is 8.44 Å². The first-order chi connectivity index (χ1) is 9.98. The Morgan fingerprint density at radius 3 is 1.64 bits per heavy atom. The van der Waals surface area contributed by atoms with Crippen LogP contribution in [0.2, 0.25) is 0 Å². The summed E-state index contributed by atoms with van der Waals surface area (Å²) in [4.78, 5) is 0. The van der Waals surface area contributed by atoms with Crippen molar-refractivity contribution >= 4 is 14.7 Å². The molecule has 1 rings (SSSR count). The molecule has 0 aromatic heterocycles. The molecule has 0 fully saturated rings. The monoisotopic (exact) mass is 462 g/mol. The Hall–Kier alpha value is 0.576. The summed E-state index contributed by atoms with van der Waals surface area (Å²) in [7, 11) is 0. The standard InChI is InChI=1S/C5H4F3Ge.3C3H7O.Zr/c6-9(7,8)5-3-1-2-4-5;3*1-3(2)4;/h1,3H,2H2;3*3H,1-2H3;/q;3*-1;+3. The van der Waals surface area contributed by atoms with Crippen LogP contribution in [0.3, 0.4) is 0 Å². The van der Waals surface area contributed by atoms with Crippen molar-refractivity contribution in [2.24, 2.45) is 0 Å². The molecule has 0 unspecified atom stereocenters. The predicted molar refractivity (Wildman–Crippen MR) is 78.5 cm³/mol. The zero-order chi connectivity index (χ0) is 17.1. The van der Waals surface area contributed by atoms with Gasteiger partial charge in [0.25, 0.3) is 0 Å². The maximum atomic E-state index is 13.5. The van der Waals surface area contributed by atoms with E-state index in [9.17, 15) is 10.5 Å². The fourth-order valence-corrected chi connectivity index (χ4v) is 15.5. The van der Waals surface area contributed by atoms with Gasteiger partial charge in [0, 0.05) is 0 Å². The zero-order valence-corrected chi connectivity index (χ0v) is 18.5. The Morgan fingerprint density at radius 2 is 1.32 bits per heavy atom. The summed E-state index contributed by atoms with van der Waals surface area (Å²) in [6.07, 6.45) is 2.22. The first kappa shape index (κ1) is 20.6. The molecule has 22 heavy (non-hydrogen) atoms. The van der Waals surface area contributed by atoms with Gasteiger partial charge in [-0.15, -0.1) is 0 Å². The molecule has 0 saturated carbocycles. The van der Waals surface area contributed by atoms with Gasteiger partial charge in [-0.2, -0.15) is 0 Å². The number of hydrogen-bond acceptors (Lipinski definition) is 3. The summed E-state index contributed by atoms with van der Waals surface area (Å²) >= 11 is -11.0. The summed E-state index contributed by atoms with van der Waals surface area (Å²) in [5.41, 5.74) is 0. The molecule has 0 radical (unpaired) electrons. The number of hydrogen-bond donors (Lipinski definition) is 0. The Morgan fingerprint density at radius 1 is 0.909 bits per heavy atom. The summed E-state index contributed by atoms with van der Waals surface area (Å²) in [5.74, 6) is 0. The van der Waals surface area contributed by atoms with E-state index < -0.39 is 40.7 Å². The van der Waals surface area contributed by atoms with Crippen LogP contribution in [0.1, 0.15) is 48.0 Å². The van der Waals surface area contributed by atoms with Crippen LogP contribution in [-0.4, -0.2) is 33.0 Å². The second-order valence-corrected chi connectivity index (χ2v) is 15.2. The summed E-state index contributed by atoms with van der Waals surface area (Å²) in [6, 6.07) is 0. The molecular weight excluding hydrogens is 437 g/mol. The van der Waals surface area contributed by atoms with Crippen molar-refractivity contribution in [2.45, 2.75) is 66.3 Å². The van der Waals surface area contributed by atoms with Crippen LogP contribution >= 0.6 is 0 Å². The Kier molecular flexibility index (Phi) is 7.59. The number of rotatable bonds is 8. The van der Waals surface area contributed by atoms with Crippen LogP contribution < -0.4 is 0 Å². The first-order valence-corrected chi connectivity index (χ1v) is 15.2. The summed E-state index contributed by atoms with van der Waals surface area (Å²) in [6.45, 7) is 10.8. The summed E-state index contributed by atoms with van der Waals surface area (Å²) < 4.78 is 58.2. The molecule has 3 nitrogen and oxygen atoms in total. The van der Waals surface area contributed by atoms with Gasteiger partial charge < -0.3 is 0 Å². The number of allylic oxidation sites excluding steroid dienone is 4. The van der Waals surface area contributed by atoms with Gasteiger partial charge in [-0.25, -0.2) is 0 Å². The van der Waals surface area contributed by atoms with Crippen molar-refractivity contribution in [3.05, 3.63) is 19.8 Å². The van der Waals surface area contributed by atoms with Gasteiger partial charge in [-0.1, -0.05) is 0 Å². The minimum absolute atomic E-state index is 0.225. The van der Waals surface area contributed by atoms with E-state index in [0.717, 1.165) is 0 Å². The van der Waals surface area contributed by atoms with Crippen molar-refractivity contribution in [1.82, 2.24) is 0 Å². The van der Waals surface area contributed by atoms with E-state index in [0.29, 0.717) is 0 Å². The van der Waals surface area contributed by atoms with Crippen LogP contribution in [0.5, 0.6) is 0 Å². The van der Waals surface area contributed by atoms with Crippen LogP contribution in [0.15, 0.2) is 19.8 Å². The second kappa shape index (κ2) is 8.10. The number of halogens is 3. The molecule has 1 aliphatic rings. The predicted octanol–water partition coefficient (Wildman–Crippen LogP) is 4.76. The van der Waals surface area contributed by atoms with Crippen LogP contribution in [-0.2, 0) is 30.0 Å². The van der Waals surface area contributed by atoms with E-state index in [1.165, 1.54) is 6.08 Å². The molecule has 0 atom stereocenters. The molecule has 0 heterocycles. The third-order valence-electron chi connectivity index (χ3n) is 2.78. The second-order valence-electron chi connectivity index (χ2n) is 6.05.